The molecule has 1 aromatic rings. The summed E-state index contributed by atoms with van der Waals surface area (Å²) in [6.07, 6.45) is 0. The number of benzene rings is 1. The zero-order chi connectivity index (χ0) is 12.8. The fourth-order valence-electron chi connectivity index (χ4n) is 1.14. The average molecular weight is 292 g/mol. The molecule has 0 amide bonds. The molecule has 94 valence electrons. The van der Waals surface area contributed by atoms with Crippen LogP contribution in [0, 0.1) is 0 Å². The number of hydrogen-bond donors (Lipinski definition) is 2. The highest BCUT2D eigenvalue weighted by Crippen LogP contribution is 2.24. The van der Waals surface area contributed by atoms with Crippen LogP contribution in [0.2, 0.25) is 10.0 Å². The molecule has 0 atom stereocenters. The molecular formula is C11H15Cl2N3S. The minimum absolute atomic E-state index is 0.507. The summed E-state index contributed by atoms with van der Waals surface area (Å²) in [5.41, 5.74) is 0.821. The first-order valence-electron chi connectivity index (χ1n) is 5.13. The summed E-state index contributed by atoms with van der Waals surface area (Å²) in [7, 11) is 4.02. The van der Waals surface area contributed by atoms with E-state index < -0.39 is 0 Å². The molecule has 0 unspecified atom stereocenters. The number of rotatable bonds is 4. The van der Waals surface area contributed by atoms with Gasteiger partial charge in [0.25, 0.3) is 0 Å². The number of nitrogens with one attached hydrogen (secondary N) is 2. The zero-order valence-corrected chi connectivity index (χ0v) is 12.1. The molecule has 0 bridgehead atoms. The molecule has 0 saturated carbocycles. The zero-order valence-electron chi connectivity index (χ0n) is 9.76. The molecule has 1 aromatic carbocycles. The lowest BCUT2D eigenvalue weighted by molar-refractivity contribution is 0.413. The second-order valence-electron chi connectivity index (χ2n) is 3.81. The second kappa shape index (κ2) is 7.01. The van der Waals surface area contributed by atoms with E-state index in [-0.39, 0.29) is 0 Å². The van der Waals surface area contributed by atoms with Gasteiger partial charge in [0.05, 0.1) is 10.0 Å². The van der Waals surface area contributed by atoms with Gasteiger partial charge < -0.3 is 15.5 Å². The lowest BCUT2D eigenvalue weighted by Gasteiger charge is -2.13. The van der Waals surface area contributed by atoms with Crippen molar-refractivity contribution in [1.29, 1.82) is 0 Å². The maximum absolute atomic E-state index is 5.90. The van der Waals surface area contributed by atoms with Crippen LogP contribution in [0.3, 0.4) is 0 Å². The predicted molar refractivity (Wildman–Crippen MR) is 79.2 cm³/mol. The lowest BCUT2D eigenvalue weighted by Crippen LogP contribution is -2.34. The molecule has 0 saturated heterocycles. The molecule has 0 aliphatic heterocycles. The van der Waals surface area contributed by atoms with Crippen molar-refractivity contribution >= 4 is 46.2 Å². The van der Waals surface area contributed by atoms with Crippen molar-refractivity contribution in [3.8, 4) is 0 Å². The van der Waals surface area contributed by atoms with E-state index >= 15 is 0 Å². The largest absolute Gasteiger partial charge is 0.361 e. The summed E-state index contributed by atoms with van der Waals surface area (Å²) >= 11 is 16.9. The van der Waals surface area contributed by atoms with E-state index in [1.165, 1.54) is 0 Å². The fraction of sp³-hybridized carbons (Fsp3) is 0.364. The van der Waals surface area contributed by atoms with Crippen LogP contribution < -0.4 is 10.6 Å². The summed E-state index contributed by atoms with van der Waals surface area (Å²) in [4.78, 5) is 2.08. The van der Waals surface area contributed by atoms with Crippen molar-refractivity contribution < 1.29 is 0 Å². The Bertz CT molecular complexity index is 396. The van der Waals surface area contributed by atoms with E-state index in [4.69, 9.17) is 35.4 Å². The molecule has 0 fully saturated rings. The van der Waals surface area contributed by atoms with E-state index in [2.05, 4.69) is 15.5 Å². The summed E-state index contributed by atoms with van der Waals surface area (Å²) < 4.78 is 0. The third kappa shape index (κ3) is 5.55. The number of nitrogens with zero attached hydrogens (tertiary/aromatic N) is 1. The van der Waals surface area contributed by atoms with Crippen molar-refractivity contribution in [3.63, 3.8) is 0 Å². The van der Waals surface area contributed by atoms with E-state index in [1.54, 1.807) is 12.1 Å². The Balaban J connectivity index is 2.42. The molecule has 0 spiro atoms. The molecule has 0 radical (unpaired) electrons. The van der Waals surface area contributed by atoms with Crippen LogP contribution in [-0.2, 0) is 0 Å². The molecule has 0 heterocycles. The molecule has 2 N–H and O–H groups in total. The molecule has 1 rings (SSSR count). The summed E-state index contributed by atoms with van der Waals surface area (Å²) in [6, 6.07) is 5.30. The number of thiocarbonyl (C=S) groups is 1. The smallest absolute Gasteiger partial charge is 0.170 e. The van der Waals surface area contributed by atoms with E-state index in [1.807, 2.05) is 20.2 Å². The van der Waals surface area contributed by atoms with Crippen LogP contribution in [0.15, 0.2) is 18.2 Å². The Morgan fingerprint density at radius 1 is 1.29 bits per heavy atom. The fourth-order valence-corrected chi connectivity index (χ4v) is 1.66. The van der Waals surface area contributed by atoms with Crippen LogP contribution >= 0.6 is 35.4 Å². The number of likely N-dealkylation sites (N-methyl/N-ethyl adjacent to an activating group) is 1. The highest BCUT2D eigenvalue weighted by atomic mass is 35.5. The Morgan fingerprint density at radius 2 is 2.00 bits per heavy atom. The highest BCUT2D eigenvalue weighted by molar-refractivity contribution is 7.80. The van der Waals surface area contributed by atoms with Gasteiger partial charge in [-0.15, -0.1) is 0 Å². The summed E-state index contributed by atoms with van der Waals surface area (Å²) in [5.74, 6) is 0. The highest BCUT2D eigenvalue weighted by Gasteiger charge is 2.01. The van der Waals surface area contributed by atoms with Gasteiger partial charge in [0, 0.05) is 18.8 Å². The molecule has 0 aliphatic carbocycles. The van der Waals surface area contributed by atoms with Gasteiger partial charge in [0.2, 0.25) is 0 Å². The molecular weight excluding hydrogens is 277 g/mol. The lowest BCUT2D eigenvalue weighted by atomic mass is 10.3. The molecule has 3 nitrogen and oxygen atoms in total. The van der Waals surface area contributed by atoms with Gasteiger partial charge in [-0.25, -0.2) is 0 Å². The van der Waals surface area contributed by atoms with Crippen LogP contribution in [0.1, 0.15) is 0 Å². The maximum Gasteiger partial charge on any atom is 0.170 e. The molecule has 17 heavy (non-hydrogen) atoms. The average Bonchev–Trinajstić information content (AvgIpc) is 2.23. The van der Waals surface area contributed by atoms with E-state index in [9.17, 15) is 0 Å². The van der Waals surface area contributed by atoms with Crippen LogP contribution in [0.5, 0.6) is 0 Å². The van der Waals surface area contributed by atoms with Gasteiger partial charge in [-0.2, -0.15) is 0 Å². The minimum Gasteiger partial charge on any atom is -0.361 e. The quantitative estimate of drug-likeness (QED) is 0.835. The van der Waals surface area contributed by atoms with Crippen molar-refractivity contribution in [1.82, 2.24) is 10.2 Å². The summed E-state index contributed by atoms with van der Waals surface area (Å²) in [5, 5.41) is 7.75. The number of anilines is 1. The SMILES string of the molecule is CN(C)CCNC(=S)Nc1ccc(Cl)c(Cl)c1. The summed E-state index contributed by atoms with van der Waals surface area (Å²) in [6.45, 7) is 1.71. The molecule has 0 aliphatic rings. The van der Waals surface area contributed by atoms with Gasteiger partial charge in [-0.3, -0.25) is 0 Å². The van der Waals surface area contributed by atoms with Gasteiger partial charge in [0.1, 0.15) is 0 Å². The first-order chi connectivity index (χ1) is 7.99. The maximum atomic E-state index is 5.90. The van der Waals surface area contributed by atoms with Crippen LogP contribution in [-0.4, -0.2) is 37.2 Å². The van der Waals surface area contributed by atoms with E-state index in [0.717, 1.165) is 18.8 Å². The van der Waals surface area contributed by atoms with Crippen LogP contribution in [0.25, 0.3) is 0 Å². The van der Waals surface area contributed by atoms with Crippen molar-refractivity contribution in [2.45, 2.75) is 0 Å². The Kier molecular flexibility index (Phi) is 5.98. The monoisotopic (exact) mass is 291 g/mol. The number of halogens is 2. The van der Waals surface area contributed by atoms with Gasteiger partial charge in [-0.05, 0) is 44.5 Å². The topological polar surface area (TPSA) is 27.3 Å². The van der Waals surface area contributed by atoms with Crippen molar-refractivity contribution in [3.05, 3.63) is 28.2 Å². The Morgan fingerprint density at radius 3 is 2.59 bits per heavy atom. The Hall–Kier alpha value is -0.550. The second-order valence-corrected chi connectivity index (χ2v) is 5.04. The third-order valence-corrected chi connectivity index (χ3v) is 3.01. The molecule has 6 heteroatoms. The van der Waals surface area contributed by atoms with Gasteiger partial charge in [0.15, 0.2) is 5.11 Å². The van der Waals surface area contributed by atoms with Gasteiger partial charge >= 0.3 is 0 Å². The third-order valence-electron chi connectivity index (χ3n) is 2.02. The first-order valence-corrected chi connectivity index (χ1v) is 6.30. The standard InChI is InChI=1S/C11H15Cl2N3S/c1-16(2)6-5-14-11(17)15-8-3-4-9(12)10(13)7-8/h3-4,7H,5-6H2,1-2H3,(H2,14,15,17). The first kappa shape index (κ1) is 14.5. The predicted octanol–water partition coefficient (Wildman–Crippen LogP) is 2.84. The van der Waals surface area contributed by atoms with Crippen LogP contribution in [0.4, 0.5) is 5.69 Å². The van der Waals surface area contributed by atoms with Crippen molar-refractivity contribution in [2.75, 3.05) is 32.5 Å². The molecule has 0 aromatic heterocycles. The normalized spacial score (nSPS) is 10.4. The van der Waals surface area contributed by atoms with Crippen molar-refractivity contribution in [2.24, 2.45) is 0 Å². The van der Waals surface area contributed by atoms with Gasteiger partial charge in [-0.1, -0.05) is 23.2 Å². The minimum atomic E-state index is 0.507. The Labute approximate surface area is 117 Å². The number of hydrogen-bond acceptors (Lipinski definition) is 2. The van der Waals surface area contributed by atoms with E-state index in [0.29, 0.717) is 15.2 Å².